The summed E-state index contributed by atoms with van der Waals surface area (Å²) in [7, 11) is 0. The van der Waals surface area contributed by atoms with E-state index in [0.717, 1.165) is 4.90 Å². The van der Waals surface area contributed by atoms with Crippen molar-refractivity contribution >= 4 is 29.0 Å². The number of benzene rings is 2. The van der Waals surface area contributed by atoms with Gasteiger partial charge in [0.25, 0.3) is 5.91 Å². The summed E-state index contributed by atoms with van der Waals surface area (Å²) in [6.45, 7) is 0. The van der Waals surface area contributed by atoms with Crippen LogP contribution in [-0.2, 0) is 0 Å². The Morgan fingerprint density at radius 3 is 2.50 bits per heavy atom. The van der Waals surface area contributed by atoms with Gasteiger partial charge in [0.15, 0.2) is 0 Å². The van der Waals surface area contributed by atoms with Crippen LogP contribution in [0.25, 0.3) is 0 Å². The summed E-state index contributed by atoms with van der Waals surface area (Å²) >= 11 is 1.65. The van der Waals surface area contributed by atoms with Crippen LogP contribution in [0.15, 0.2) is 53.4 Å². The Bertz CT molecular complexity index is 552. The van der Waals surface area contributed by atoms with Crippen molar-refractivity contribution in [2.24, 2.45) is 0 Å². The predicted molar refractivity (Wildman–Crippen MR) is 77.0 cm³/mol. The molecule has 0 saturated heterocycles. The number of thioether (sulfide) groups is 1. The molecule has 0 bridgehead atoms. The molecular formula is C14H14N2OS. The van der Waals surface area contributed by atoms with Gasteiger partial charge in [-0.25, -0.2) is 0 Å². The van der Waals surface area contributed by atoms with Crippen LogP contribution in [0.1, 0.15) is 10.4 Å². The molecule has 2 aromatic rings. The molecule has 92 valence electrons. The summed E-state index contributed by atoms with van der Waals surface area (Å²) < 4.78 is 0. The summed E-state index contributed by atoms with van der Waals surface area (Å²) in [4.78, 5) is 13.1. The molecule has 0 fully saturated rings. The fourth-order valence-electron chi connectivity index (χ4n) is 1.56. The smallest absolute Gasteiger partial charge is 0.255 e. The monoisotopic (exact) mass is 258 g/mol. The van der Waals surface area contributed by atoms with Gasteiger partial charge >= 0.3 is 0 Å². The van der Waals surface area contributed by atoms with Crippen molar-refractivity contribution in [3.05, 3.63) is 54.1 Å². The lowest BCUT2D eigenvalue weighted by Crippen LogP contribution is -2.11. The van der Waals surface area contributed by atoms with Gasteiger partial charge in [0.05, 0.1) is 0 Å². The molecule has 0 aliphatic rings. The summed E-state index contributed by atoms with van der Waals surface area (Å²) in [5.74, 6) is -0.131. The lowest BCUT2D eigenvalue weighted by Gasteiger charge is -2.06. The molecule has 0 aliphatic carbocycles. The fraction of sp³-hybridized carbons (Fsp3) is 0.0714. The van der Waals surface area contributed by atoms with E-state index >= 15 is 0 Å². The van der Waals surface area contributed by atoms with Crippen LogP contribution >= 0.6 is 11.8 Å². The second kappa shape index (κ2) is 5.60. The Balaban J connectivity index is 2.11. The van der Waals surface area contributed by atoms with Crippen molar-refractivity contribution in [3.63, 3.8) is 0 Å². The fourth-order valence-corrected chi connectivity index (χ4v) is 1.97. The van der Waals surface area contributed by atoms with Gasteiger partial charge in [0.2, 0.25) is 0 Å². The van der Waals surface area contributed by atoms with Gasteiger partial charge in [-0.3, -0.25) is 4.79 Å². The van der Waals surface area contributed by atoms with Crippen LogP contribution < -0.4 is 11.1 Å². The number of nitrogens with two attached hydrogens (primary N) is 1. The number of hydrogen-bond donors (Lipinski definition) is 2. The Hall–Kier alpha value is -1.94. The lowest BCUT2D eigenvalue weighted by atomic mass is 10.2. The quantitative estimate of drug-likeness (QED) is 0.656. The van der Waals surface area contributed by atoms with Crippen LogP contribution in [0, 0.1) is 0 Å². The van der Waals surface area contributed by atoms with Crippen molar-refractivity contribution < 1.29 is 4.79 Å². The van der Waals surface area contributed by atoms with E-state index in [1.807, 2.05) is 42.7 Å². The number of carbonyl (C=O) groups is 1. The van der Waals surface area contributed by atoms with Gasteiger partial charge in [0, 0.05) is 21.8 Å². The maximum atomic E-state index is 12.0. The highest BCUT2D eigenvalue weighted by Gasteiger charge is 2.05. The van der Waals surface area contributed by atoms with E-state index in [4.69, 9.17) is 5.73 Å². The van der Waals surface area contributed by atoms with E-state index < -0.39 is 0 Å². The minimum atomic E-state index is -0.131. The SMILES string of the molecule is CSc1ccc(C(=O)Nc2cccc(N)c2)cc1. The van der Waals surface area contributed by atoms with Crippen molar-refractivity contribution in [1.82, 2.24) is 0 Å². The third-order valence-corrected chi connectivity index (χ3v) is 3.24. The van der Waals surface area contributed by atoms with E-state index in [9.17, 15) is 4.79 Å². The highest BCUT2D eigenvalue weighted by Crippen LogP contribution is 2.17. The predicted octanol–water partition coefficient (Wildman–Crippen LogP) is 3.24. The standard InChI is InChI=1S/C14H14N2OS/c1-18-13-7-5-10(6-8-13)14(17)16-12-4-2-3-11(15)9-12/h2-9H,15H2,1H3,(H,16,17). The lowest BCUT2D eigenvalue weighted by molar-refractivity contribution is 0.102. The summed E-state index contributed by atoms with van der Waals surface area (Å²) in [6, 6.07) is 14.6. The molecule has 0 atom stereocenters. The average Bonchev–Trinajstić information content (AvgIpc) is 2.39. The van der Waals surface area contributed by atoms with Crippen LogP contribution in [0.4, 0.5) is 11.4 Å². The molecule has 0 aliphatic heterocycles. The Labute approximate surface area is 110 Å². The first-order valence-electron chi connectivity index (χ1n) is 5.50. The molecule has 0 radical (unpaired) electrons. The van der Waals surface area contributed by atoms with Gasteiger partial charge in [-0.15, -0.1) is 11.8 Å². The number of rotatable bonds is 3. The van der Waals surface area contributed by atoms with E-state index in [-0.39, 0.29) is 5.91 Å². The Morgan fingerprint density at radius 1 is 1.17 bits per heavy atom. The maximum absolute atomic E-state index is 12.0. The van der Waals surface area contributed by atoms with E-state index in [0.29, 0.717) is 16.9 Å². The average molecular weight is 258 g/mol. The first-order valence-corrected chi connectivity index (χ1v) is 6.72. The molecule has 0 heterocycles. The summed E-state index contributed by atoms with van der Waals surface area (Å²) in [5.41, 5.74) is 7.62. The number of amides is 1. The first-order chi connectivity index (χ1) is 8.69. The second-order valence-corrected chi connectivity index (χ2v) is 4.69. The van der Waals surface area contributed by atoms with Crippen LogP contribution in [0.2, 0.25) is 0 Å². The topological polar surface area (TPSA) is 55.1 Å². The van der Waals surface area contributed by atoms with E-state index in [1.165, 1.54) is 0 Å². The molecule has 2 rings (SSSR count). The molecule has 1 amide bonds. The highest BCUT2D eigenvalue weighted by molar-refractivity contribution is 7.98. The molecule has 4 heteroatoms. The number of anilines is 2. The van der Waals surface area contributed by atoms with E-state index in [1.54, 1.807) is 23.9 Å². The van der Waals surface area contributed by atoms with Gasteiger partial charge in [-0.2, -0.15) is 0 Å². The summed E-state index contributed by atoms with van der Waals surface area (Å²) in [6.07, 6.45) is 2.00. The van der Waals surface area contributed by atoms with Crippen LogP contribution in [0.5, 0.6) is 0 Å². The van der Waals surface area contributed by atoms with Gasteiger partial charge in [-0.1, -0.05) is 6.07 Å². The number of nitrogen functional groups attached to an aromatic ring is 1. The third-order valence-electron chi connectivity index (χ3n) is 2.50. The van der Waals surface area contributed by atoms with Crippen molar-refractivity contribution in [3.8, 4) is 0 Å². The van der Waals surface area contributed by atoms with Gasteiger partial charge in [0.1, 0.15) is 0 Å². The molecule has 18 heavy (non-hydrogen) atoms. The van der Waals surface area contributed by atoms with Gasteiger partial charge < -0.3 is 11.1 Å². The van der Waals surface area contributed by atoms with Crippen molar-refractivity contribution in [2.45, 2.75) is 4.90 Å². The van der Waals surface area contributed by atoms with Crippen LogP contribution in [0.3, 0.4) is 0 Å². The molecule has 0 saturated carbocycles. The molecule has 3 nitrogen and oxygen atoms in total. The first kappa shape index (κ1) is 12.5. The van der Waals surface area contributed by atoms with Crippen molar-refractivity contribution in [2.75, 3.05) is 17.3 Å². The molecule has 2 aromatic carbocycles. The maximum Gasteiger partial charge on any atom is 0.255 e. The second-order valence-electron chi connectivity index (χ2n) is 3.81. The number of nitrogens with one attached hydrogen (secondary N) is 1. The molecule has 0 unspecified atom stereocenters. The zero-order valence-electron chi connectivity index (χ0n) is 10.0. The van der Waals surface area contributed by atoms with Gasteiger partial charge in [-0.05, 0) is 48.7 Å². The molecular weight excluding hydrogens is 244 g/mol. The third kappa shape index (κ3) is 3.05. The molecule has 3 N–H and O–H groups in total. The molecule has 0 spiro atoms. The zero-order valence-corrected chi connectivity index (χ0v) is 10.8. The zero-order chi connectivity index (χ0) is 13.0. The minimum Gasteiger partial charge on any atom is -0.399 e. The largest absolute Gasteiger partial charge is 0.399 e. The van der Waals surface area contributed by atoms with E-state index in [2.05, 4.69) is 5.32 Å². The summed E-state index contributed by atoms with van der Waals surface area (Å²) in [5, 5.41) is 2.81. The molecule has 0 aromatic heterocycles. The number of hydrogen-bond acceptors (Lipinski definition) is 3. The minimum absolute atomic E-state index is 0.131. The normalized spacial score (nSPS) is 10.1. The Morgan fingerprint density at radius 2 is 1.89 bits per heavy atom. The van der Waals surface area contributed by atoms with Crippen LogP contribution in [-0.4, -0.2) is 12.2 Å². The highest BCUT2D eigenvalue weighted by atomic mass is 32.2. The number of carbonyl (C=O) groups excluding carboxylic acids is 1. The van der Waals surface area contributed by atoms with Crippen molar-refractivity contribution in [1.29, 1.82) is 0 Å². The Kier molecular flexibility index (Phi) is 3.89.